The summed E-state index contributed by atoms with van der Waals surface area (Å²) >= 11 is 0. The molecule has 8 nitrogen and oxygen atoms in total. The Morgan fingerprint density at radius 3 is 2.74 bits per heavy atom. The van der Waals surface area contributed by atoms with E-state index in [1.54, 1.807) is 6.92 Å². The molecule has 0 aliphatic carbocycles. The van der Waals surface area contributed by atoms with Crippen LogP contribution in [0.1, 0.15) is 29.1 Å². The Morgan fingerprint density at radius 1 is 1.26 bits per heavy atom. The van der Waals surface area contributed by atoms with Gasteiger partial charge in [-0.2, -0.15) is 0 Å². The summed E-state index contributed by atoms with van der Waals surface area (Å²) in [6.45, 7) is 1.99. The molecule has 0 aliphatic heterocycles. The molecule has 0 unspecified atom stereocenters. The third-order valence-electron chi connectivity index (χ3n) is 2.89. The van der Waals surface area contributed by atoms with Gasteiger partial charge in [-0.15, -0.1) is 0 Å². The fraction of sp³-hybridized carbons (Fsp3) is 0.400. The highest BCUT2D eigenvalue weighted by Gasteiger charge is 2.27. The number of aromatic nitrogens is 1. The summed E-state index contributed by atoms with van der Waals surface area (Å²) in [5.74, 6) is 3.76. The molecule has 0 fully saturated rings. The lowest BCUT2D eigenvalue weighted by Crippen LogP contribution is -1.99. The van der Waals surface area contributed by atoms with Crippen molar-refractivity contribution < 1.29 is 32.7 Å². The van der Waals surface area contributed by atoms with Crippen molar-refractivity contribution in [3.63, 3.8) is 0 Å². The van der Waals surface area contributed by atoms with Gasteiger partial charge in [-0.05, 0) is 13.3 Å². The van der Waals surface area contributed by atoms with E-state index in [9.17, 15) is 9.59 Å². The fourth-order valence-electron chi connectivity index (χ4n) is 1.79. The minimum Gasteiger partial charge on any atom is -0.465 e. The van der Waals surface area contributed by atoms with E-state index in [4.69, 9.17) is 13.7 Å². The first-order valence-corrected chi connectivity index (χ1v) is 6.75. The first-order chi connectivity index (χ1) is 11.1. The van der Waals surface area contributed by atoms with E-state index >= 15 is 0 Å². The summed E-state index contributed by atoms with van der Waals surface area (Å²) in [6.07, 6.45) is 1.01. The van der Waals surface area contributed by atoms with Crippen LogP contribution in [0.25, 0.3) is 11.0 Å². The molecule has 0 N–H and O–H groups in total. The molecule has 2 aromatic rings. The predicted molar refractivity (Wildman–Crippen MR) is 76.9 cm³/mol. The molecule has 0 aliphatic rings. The number of unbranched alkanes of at least 4 members (excludes halogenated alkanes) is 1. The summed E-state index contributed by atoms with van der Waals surface area (Å²) in [7, 11) is 2.50. The maximum Gasteiger partial charge on any atom is 0.384 e. The second-order valence-electron chi connectivity index (χ2n) is 4.43. The van der Waals surface area contributed by atoms with Crippen LogP contribution in [0.3, 0.4) is 0 Å². The van der Waals surface area contributed by atoms with Gasteiger partial charge in [0.15, 0.2) is 0 Å². The number of ether oxygens (including phenoxy) is 3. The number of hydrogen-bond acceptors (Lipinski definition) is 8. The molecule has 0 atom stereocenters. The Morgan fingerprint density at radius 2 is 2.04 bits per heavy atom. The quantitative estimate of drug-likeness (QED) is 0.356. The first kappa shape index (κ1) is 16.4. The van der Waals surface area contributed by atoms with Crippen molar-refractivity contribution in [1.82, 2.24) is 5.16 Å². The van der Waals surface area contributed by atoms with Crippen LogP contribution in [0.5, 0.6) is 5.95 Å². The zero-order valence-corrected chi connectivity index (χ0v) is 12.9. The predicted octanol–water partition coefficient (Wildman–Crippen LogP) is 1.85. The van der Waals surface area contributed by atoms with Crippen molar-refractivity contribution in [2.75, 3.05) is 20.8 Å². The Hall–Kier alpha value is -2.95. The summed E-state index contributed by atoms with van der Waals surface area (Å²) in [5.41, 5.74) is 0.731. The van der Waals surface area contributed by atoms with Crippen LogP contribution in [-0.2, 0) is 14.3 Å². The molecule has 23 heavy (non-hydrogen) atoms. The molecule has 0 bridgehead atoms. The highest BCUT2D eigenvalue weighted by molar-refractivity contribution is 6.02. The third-order valence-corrected chi connectivity index (χ3v) is 2.89. The molecule has 2 rings (SSSR count). The molecule has 0 saturated carbocycles. The van der Waals surface area contributed by atoms with E-state index in [1.807, 2.05) is 0 Å². The maximum atomic E-state index is 11.6. The van der Waals surface area contributed by atoms with Crippen molar-refractivity contribution >= 4 is 22.9 Å². The zero-order valence-electron chi connectivity index (χ0n) is 12.9. The van der Waals surface area contributed by atoms with Crippen LogP contribution in [0, 0.1) is 18.8 Å². The Kier molecular flexibility index (Phi) is 5.25. The number of carbonyl (C=O) groups is 2. The summed E-state index contributed by atoms with van der Waals surface area (Å²) in [4.78, 5) is 22.4. The number of esters is 2. The fourth-order valence-corrected chi connectivity index (χ4v) is 1.79. The van der Waals surface area contributed by atoms with E-state index in [0.717, 1.165) is 0 Å². The molecular formula is C15H15NO7. The first-order valence-electron chi connectivity index (χ1n) is 6.75. The van der Waals surface area contributed by atoms with Gasteiger partial charge >= 0.3 is 11.9 Å². The highest BCUT2D eigenvalue weighted by Crippen LogP contribution is 2.35. The average Bonchev–Trinajstić information content (AvgIpc) is 3.11. The van der Waals surface area contributed by atoms with Crippen molar-refractivity contribution in [2.24, 2.45) is 0 Å². The standard InChI is InChI=1S/C15H15NO7/c1-9-11-12(23-16-9)13(14(18)20-3)22-15(11)21-8-6-4-5-7-10(17)19-2/h4,6,8H2,1-3H3. The molecular weight excluding hydrogens is 306 g/mol. The van der Waals surface area contributed by atoms with Gasteiger partial charge in [-0.25, -0.2) is 9.59 Å². The van der Waals surface area contributed by atoms with E-state index in [-0.39, 0.29) is 23.9 Å². The normalized spacial score (nSPS) is 10.0. The van der Waals surface area contributed by atoms with Gasteiger partial charge in [0.05, 0.1) is 26.5 Å². The van der Waals surface area contributed by atoms with E-state index in [1.165, 1.54) is 14.2 Å². The van der Waals surface area contributed by atoms with E-state index in [0.29, 0.717) is 23.9 Å². The van der Waals surface area contributed by atoms with Crippen LogP contribution in [-0.4, -0.2) is 37.9 Å². The molecule has 0 saturated heterocycles. The van der Waals surface area contributed by atoms with Gasteiger partial charge in [0, 0.05) is 12.3 Å². The van der Waals surface area contributed by atoms with Gasteiger partial charge in [0.25, 0.3) is 11.7 Å². The number of aryl methyl sites for hydroxylation is 1. The minimum absolute atomic E-state index is 0.0939. The smallest absolute Gasteiger partial charge is 0.384 e. The van der Waals surface area contributed by atoms with Crippen LogP contribution >= 0.6 is 0 Å². The van der Waals surface area contributed by atoms with Crippen molar-refractivity contribution in [3.05, 3.63) is 11.5 Å². The number of methoxy groups -OCH3 is 2. The average molecular weight is 321 g/mol. The summed E-state index contributed by atoms with van der Waals surface area (Å²) < 4.78 is 25.0. The van der Waals surface area contributed by atoms with Gasteiger partial charge in [-0.1, -0.05) is 11.1 Å². The number of fused-ring (bicyclic) bond motifs is 1. The van der Waals surface area contributed by atoms with E-state index in [2.05, 4.69) is 26.5 Å². The minimum atomic E-state index is -0.676. The molecule has 122 valence electrons. The van der Waals surface area contributed by atoms with E-state index < -0.39 is 11.9 Å². The highest BCUT2D eigenvalue weighted by atomic mass is 16.6. The van der Waals surface area contributed by atoms with Gasteiger partial charge in [-0.3, -0.25) is 0 Å². The molecule has 0 aromatic carbocycles. The van der Waals surface area contributed by atoms with Gasteiger partial charge < -0.3 is 23.2 Å². The third kappa shape index (κ3) is 3.63. The second-order valence-corrected chi connectivity index (χ2v) is 4.43. The number of nitrogens with zero attached hydrogens (tertiary/aromatic N) is 1. The Bertz CT molecular complexity index is 775. The number of hydrogen-bond donors (Lipinski definition) is 0. The van der Waals surface area contributed by atoms with Gasteiger partial charge in [0.1, 0.15) is 5.39 Å². The van der Waals surface area contributed by atoms with Crippen LogP contribution in [0.4, 0.5) is 0 Å². The molecule has 0 radical (unpaired) electrons. The number of rotatable bonds is 5. The second kappa shape index (κ2) is 7.35. The van der Waals surface area contributed by atoms with Crippen LogP contribution in [0.2, 0.25) is 0 Å². The lowest BCUT2D eigenvalue weighted by atomic mass is 10.3. The number of carbonyl (C=O) groups excluding carboxylic acids is 2. The van der Waals surface area contributed by atoms with Crippen molar-refractivity contribution in [2.45, 2.75) is 19.8 Å². The Balaban J connectivity index is 2.02. The lowest BCUT2D eigenvalue weighted by molar-refractivity contribution is -0.133. The molecule has 2 aromatic heterocycles. The Labute approximate surface area is 131 Å². The molecule has 0 spiro atoms. The lowest BCUT2D eigenvalue weighted by Gasteiger charge is -2.00. The monoisotopic (exact) mass is 321 g/mol. The summed E-state index contributed by atoms with van der Waals surface area (Å²) in [6, 6.07) is 0. The summed E-state index contributed by atoms with van der Waals surface area (Å²) in [5, 5.41) is 4.28. The molecule has 8 heteroatoms. The maximum absolute atomic E-state index is 11.6. The van der Waals surface area contributed by atoms with Gasteiger partial charge in [0.2, 0.25) is 5.58 Å². The topological polar surface area (TPSA) is 101 Å². The van der Waals surface area contributed by atoms with Crippen LogP contribution < -0.4 is 4.74 Å². The number of furan rings is 1. The molecule has 2 heterocycles. The van der Waals surface area contributed by atoms with Crippen molar-refractivity contribution in [3.8, 4) is 17.8 Å². The van der Waals surface area contributed by atoms with Crippen molar-refractivity contribution in [1.29, 1.82) is 0 Å². The van der Waals surface area contributed by atoms with Crippen LogP contribution in [0.15, 0.2) is 8.94 Å². The SMILES string of the molecule is COC(=O)C#CCCCOc1oc(C(=O)OC)c2onc(C)c12. The molecule has 0 amide bonds. The largest absolute Gasteiger partial charge is 0.465 e. The zero-order chi connectivity index (χ0) is 16.8.